The van der Waals surface area contributed by atoms with Crippen molar-refractivity contribution in [2.45, 2.75) is 13.3 Å². The van der Waals surface area contributed by atoms with Gasteiger partial charge < -0.3 is 4.74 Å². The lowest BCUT2D eigenvalue weighted by molar-refractivity contribution is 0.156. The smallest absolute Gasteiger partial charge is 0.0514 e. The molecule has 7 heavy (non-hydrogen) atoms. The first kappa shape index (κ1) is 7.05. The predicted octanol–water partition coefficient (Wildman–Crippen LogP) is 1.29. The van der Waals surface area contributed by atoms with Crippen LogP contribution in [0.5, 0.6) is 0 Å². The van der Waals surface area contributed by atoms with Gasteiger partial charge in [0.15, 0.2) is 0 Å². The Hall–Kier alpha value is 0.0500. The average molecular weight is 117 g/mol. The molecule has 0 saturated heterocycles. The van der Waals surface area contributed by atoms with Crippen molar-refractivity contribution in [1.29, 1.82) is 0 Å². The standard InChI is InChI=1S/C5H9OS/c1-2-6-4-3-5-7/h2-4H2,1H3. The largest absolute Gasteiger partial charge is 0.381 e. The van der Waals surface area contributed by atoms with E-state index in [0.717, 1.165) is 19.6 Å². The SMILES string of the molecule is CCOCC[C]=S. The second kappa shape index (κ2) is 6.05. The van der Waals surface area contributed by atoms with Gasteiger partial charge in [-0.2, -0.15) is 0 Å². The van der Waals surface area contributed by atoms with Crippen LogP contribution in [0, 0.1) is 0 Å². The minimum Gasteiger partial charge on any atom is -0.381 e. The maximum absolute atomic E-state index is 4.94. The van der Waals surface area contributed by atoms with E-state index in [9.17, 15) is 0 Å². The van der Waals surface area contributed by atoms with Crippen LogP contribution in [-0.2, 0) is 4.74 Å². The highest BCUT2D eigenvalue weighted by Crippen LogP contribution is 1.76. The van der Waals surface area contributed by atoms with E-state index >= 15 is 0 Å². The van der Waals surface area contributed by atoms with Crippen LogP contribution in [0.2, 0.25) is 0 Å². The first-order chi connectivity index (χ1) is 3.41. The van der Waals surface area contributed by atoms with Crippen LogP contribution in [0.4, 0.5) is 0 Å². The summed E-state index contributed by atoms with van der Waals surface area (Å²) in [5.74, 6) is 0. The van der Waals surface area contributed by atoms with E-state index in [1.54, 1.807) is 0 Å². The van der Waals surface area contributed by atoms with E-state index in [1.807, 2.05) is 6.92 Å². The Morgan fingerprint density at radius 3 is 2.86 bits per heavy atom. The van der Waals surface area contributed by atoms with Crippen molar-refractivity contribution in [3.05, 3.63) is 0 Å². The highest BCUT2D eigenvalue weighted by molar-refractivity contribution is 7.78. The molecule has 0 rings (SSSR count). The summed E-state index contributed by atoms with van der Waals surface area (Å²) in [5.41, 5.74) is 0. The molecule has 0 saturated carbocycles. The molecular weight excluding hydrogens is 108 g/mol. The summed E-state index contributed by atoms with van der Waals surface area (Å²) in [4.78, 5) is 0. The van der Waals surface area contributed by atoms with E-state index < -0.39 is 0 Å². The van der Waals surface area contributed by atoms with Crippen molar-refractivity contribution >= 4 is 17.6 Å². The number of hydrogen-bond acceptors (Lipinski definition) is 2. The highest BCUT2D eigenvalue weighted by atomic mass is 32.1. The first-order valence-electron chi connectivity index (χ1n) is 2.34. The lowest BCUT2D eigenvalue weighted by Gasteiger charge is -1.91. The Balaban J connectivity index is 2.56. The Bertz CT molecular complexity index is 45.3. The summed E-state index contributed by atoms with van der Waals surface area (Å²) in [6, 6.07) is 0. The van der Waals surface area contributed by atoms with Crippen molar-refractivity contribution in [2.24, 2.45) is 0 Å². The molecule has 0 unspecified atom stereocenters. The third-order valence-electron chi connectivity index (χ3n) is 0.553. The molecule has 0 atom stereocenters. The van der Waals surface area contributed by atoms with Gasteiger partial charge in [-0.05, 0) is 6.92 Å². The van der Waals surface area contributed by atoms with E-state index in [-0.39, 0.29) is 0 Å². The third kappa shape index (κ3) is 6.05. The van der Waals surface area contributed by atoms with Gasteiger partial charge >= 0.3 is 0 Å². The van der Waals surface area contributed by atoms with Gasteiger partial charge in [-0.3, -0.25) is 0 Å². The molecule has 0 aliphatic heterocycles. The van der Waals surface area contributed by atoms with Gasteiger partial charge in [0.2, 0.25) is 0 Å². The van der Waals surface area contributed by atoms with Crippen LogP contribution in [0.25, 0.3) is 0 Å². The van der Waals surface area contributed by atoms with Gasteiger partial charge in [-0.1, -0.05) is 12.2 Å². The zero-order valence-electron chi connectivity index (χ0n) is 4.44. The second-order valence-corrected chi connectivity index (χ2v) is 1.38. The summed E-state index contributed by atoms with van der Waals surface area (Å²) >= 11 is 4.44. The molecule has 2 heteroatoms. The highest BCUT2D eigenvalue weighted by Gasteiger charge is 1.77. The fraction of sp³-hybridized carbons (Fsp3) is 0.800. The minimum atomic E-state index is 0.722. The second-order valence-electron chi connectivity index (χ2n) is 1.09. The van der Waals surface area contributed by atoms with Crippen molar-refractivity contribution in [3.63, 3.8) is 0 Å². The van der Waals surface area contributed by atoms with Gasteiger partial charge in [0.25, 0.3) is 0 Å². The molecule has 0 spiro atoms. The number of thiocarbonyl (C=S) groups is 1. The van der Waals surface area contributed by atoms with Gasteiger partial charge in [-0.25, -0.2) is 0 Å². The summed E-state index contributed by atoms with van der Waals surface area (Å²) < 4.78 is 4.94. The van der Waals surface area contributed by atoms with Crippen LogP contribution >= 0.6 is 12.2 Å². The quantitative estimate of drug-likeness (QED) is 0.405. The molecule has 0 aromatic heterocycles. The molecule has 1 nitrogen and oxygen atoms in total. The maximum atomic E-state index is 4.94. The topological polar surface area (TPSA) is 9.23 Å². The van der Waals surface area contributed by atoms with E-state index in [4.69, 9.17) is 4.74 Å². The van der Waals surface area contributed by atoms with Gasteiger partial charge in [0, 0.05) is 18.4 Å². The van der Waals surface area contributed by atoms with Gasteiger partial charge in [0.1, 0.15) is 0 Å². The van der Waals surface area contributed by atoms with Crippen LogP contribution in [0.1, 0.15) is 13.3 Å². The fourth-order valence-corrected chi connectivity index (χ4v) is 0.342. The Morgan fingerprint density at radius 1 is 1.71 bits per heavy atom. The summed E-state index contributed by atoms with van der Waals surface area (Å²) in [6.07, 6.45) is 0.767. The fourth-order valence-electron chi connectivity index (χ4n) is 0.258. The van der Waals surface area contributed by atoms with Crippen molar-refractivity contribution < 1.29 is 4.74 Å². The normalized spacial score (nSPS) is 8.71. The molecule has 0 fully saturated rings. The monoisotopic (exact) mass is 117 g/mol. The molecule has 0 aliphatic rings. The zero-order valence-corrected chi connectivity index (χ0v) is 5.25. The Kier molecular flexibility index (Phi) is 6.09. The summed E-state index contributed by atoms with van der Waals surface area (Å²) in [7, 11) is 0. The molecule has 0 amide bonds. The van der Waals surface area contributed by atoms with Crippen LogP contribution in [-0.4, -0.2) is 18.6 Å². The molecule has 1 radical (unpaired) electrons. The Morgan fingerprint density at radius 2 is 2.43 bits per heavy atom. The van der Waals surface area contributed by atoms with Crippen LogP contribution in [0.3, 0.4) is 0 Å². The first-order valence-corrected chi connectivity index (χ1v) is 2.75. The average Bonchev–Trinajstić information content (AvgIpc) is 1.69. The minimum absolute atomic E-state index is 0.722. The zero-order chi connectivity index (χ0) is 5.54. The molecule has 0 aliphatic carbocycles. The van der Waals surface area contributed by atoms with E-state index in [2.05, 4.69) is 17.6 Å². The van der Waals surface area contributed by atoms with Crippen LogP contribution in [0.15, 0.2) is 0 Å². The molecule has 0 heterocycles. The maximum Gasteiger partial charge on any atom is 0.0514 e. The van der Waals surface area contributed by atoms with Gasteiger partial charge in [-0.15, -0.1) is 0 Å². The van der Waals surface area contributed by atoms with E-state index in [0.29, 0.717) is 0 Å². The lowest BCUT2D eigenvalue weighted by atomic mass is 10.5. The molecule has 0 aromatic carbocycles. The summed E-state index contributed by atoms with van der Waals surface area (Å²) in [5, 5.41) is 2.56. The van der Waals surface area contributed by atoms with Crippen molar-refractivity contribution in [1.82, 2.24) is 0 Å². The summed E-state index contributed by atoms with van der Waals surface area (Å²) in [6.45, 7) is 3.46. The van der Waals surface area contributed by atoms with Crippen molar-refractivity contribution in [3.8, 4) is 0 Å². The molecule has 0 bridgehead atoms. The van der Waals surface area contributed by atoms with Crippen molar-refractivity contribution in [2.75, 3.05) is 13.2 Å². The van der Waals surface area contributed by atoms with E-state index in [1.165, 1.54) is 0 Å². The van der Waals surface area contributed by atoms with Crippen LogP contribution < -0.4 is 0 Å². The third-order valence-corrected chi connectivity index (χ3v) is 0.757. The molecule has 0 N–H and O–H groups in total. The van der Waals surface area contributed by atoms with Gasteiger partial charge in [0.05, 0.1) is 6.61 Å². The molecule has 41 valence electrons. The predicted molar refractivity (Wildman–Crippen MR) is 33.7 cm³/mol. The number of hydrogen-bond donors (Lipinski definition) is 0. The molecular formula is C5H9OS. The Labute approximate surface area is 49.7 Å². The number of rotatable bonds is 4. The number of ether oxygens (including phenoxy) is 1. The molecule has 0 aromatic rings. The lowest BCUT2D eigenvalue weighted by Crippen LogP contribution is -1.91.